The minimum absolute atomic E-state index is 0.127. The van der Waals surface area contributed by atoms with Crippen molar-refractivity contribution in [3.8, 4) is 5.69 Å². The van der Waals surface area contributed by atoms with Crippen LogP contribution in [0.15, 0.2) is 59.7 Å². The van der Waals surface area contributed by atoms with Crippen LogP contribution in [0.25, 0.3) is 27.8 Å². The second-order valence-corrected chi connectivity index (χ2v) is 10.8. The van der Waals surface area contributed by atoms with Gasteiger partial charge in [-0.3, -0.25) is 18.9 Å². The summed E-state index contributed by atoms with van der Waals surface area (Å²) in [6, 6.07) is 12.8. The molecule has 40 heavy (non-hydrogen) atoms. The predicted molar refractivity (Wildman–Crippen MR) is 149 cm³/mol. The molecule has 206 valence electrons. The third-order valence-corrected chi connectivity index (χ3v) is 7.85. The molecule has 1 amide bonds. The first-order chi connectivity index (χ1) is 19.3. The molecule has 6 rings (SSSR count). The van der Waals surface area contributed by atoms with Crippen LogP contribution in [0, 0.1) is 12.8 Å². The van der Waals surface area contributed by atoms with Crippen LogP contribution in [-0.4, -0.2) is 36.0 Å². The number of nitrogens with one attached hydrogen (secondary N) is 2. The normalized spacial score (nSPS) is 17.6. The van der Waals surface area contributed by atoms with Gasteiger partial charge in [0.25, 0.3) is 12.3 Å². The molecule has 5 aromatic rings. The number of nitrogens with zero attached hydrogens (tertiary/aromatic N) is 4. The summed E-state index contributed by atoms with van der Waals surface area (Å²) in [5.41, 5.74) is 3.24. The van der Waals surface area contributed by atoms with Gasteiger partial charge >= 0.3 is 5.69 Å². The Labute approximate surface area is 233 Å². The average Bonchev–Trinajstić information content (AvgIpc) is 3.44. The fourth-order valence-corrected chi connectivity index (χ4v) is 5.87. The third-order valence-electron chi connectivity index (χ3n) is 7.64. The molecule has 0 saturated heterocycles. The molecule has 0 radical (unpaired) electrons. The van der Waals surface area contributed by atoms with Crippen molar-refractivity contribution in [2.45, 2.75) is 51.6 Å². The molecular weight excluding hydrogens is 538 g/mol. The Balaban J connectivity index is 1.19. The Hall–Kier alpha value is -4.05. The highest BCUT2D eigenvalue weighted by molar-refractivity contribution is 6.30. The lowest BCUT2D eigenvalue weighted by atomic mass is 9.85. The molecular formula is C29H27ClF2N6O2. The molecule has 4 aromatic heterocycles. The van der Waals surface area contributed by atoms with Crippen LogP contribution < -0.4 is 11.0 Å². The summed E-state index contributed by atoms with van der Waals surface area (Å²) in [6.07, 6.45) is 2.86. The molecule has 0 spiro atoms. The first-order valence-corrected chi connectivity index (χ1v) is 13.6. The minimum Gasteiger partial charge on any atom is -0.349 e. The molecule has 0 aliphatic heterocycles. The summed E-state index contributed by atoms with van der Waals surface area (Å²) < 4.78 is 30.2. The van der Waals surface area contributed by atoms with E-state index in [4.69, 9.17) is 11.6 Å². The van der Waals surface area contributed by atoms with Gasteiger partial charge in [0.05, 0.1) is 33.5 Å². The van der Waals surface area contributed by atoms with Crippen molar-refractivity contribution in [2.75, 3.05) is 0 Å². The fourth-order valence-electron chi connectivity index (χ4n) is 5.71. The lowest BCUT2D eigenvalue weighted by Gasteiger charge is -2.29. The standard InChI is InChI=1S/C29H27ClF2N6O2/c1-16-10-18-11-21(14-34-27(18)35-16)38-24-5-3-2-4-23(24)37(29(38)40)15-17-6-8-20(9-7-17)36-28(39)22-12-19(30)13-33-25(22)26(31)32/h2-5,10-14,17,20,26H,6-9,15H2,1H3,(H,34,35)(H,36,39). The van der Waals surface area contributed by atoms with Gasteiger partial charge in [-0.05, 0) is 68.9 Å². The van der Waals surface area contributed by atoms with Crippen molar-refractivity contribution in [3.05, 3.63) is 87.3 Å². The molecule has 1 saturated carbocycles. The number of hydrogen-bond acceptors (Lipinski definition) is 4. The number of benzene rings is 1. The quantitative estimate of drug-likeness (QED) is 0.266. The van der Waals surface area contributed by atoms with Gasteiger partial charge in [-0.1, -0.05) is 23.7 Å². The van der Waals surface area contributed by atoms with E-state index in [0.717, 1.165) is 46.8 Å². The summed E-state index contributed by atoms with van der Waals surface area (Å²) in [7, 11) is 0. The van der Waals surface area contributed by atoms with Crippen LogP contribution in [0.5, 0.6) is 0 Å². The summed E-state index contributed by atoms with van der Waals surface area (Å²) in [5, 5.41) is 3.94. The molecule has 1 aliphatic carbocycles. The summed E-state index contributed by atoms with van der Waals surface area (Å²) >= 11 is 5.90. The smallest absolute Gasteiger partial charge is 0.333 e. The van der Waals surface area contributed by atoms with Crippen LogP contribution >= 0.6 is 11.6 Å². The Morgan fingerprint density at radius 3 is 2.60 bits per heavy atom. The van der Waals surface area contributed by atoms with Gasteiger partial charge in [0.1, 0.15) is 11.3 Å². The van der Waals surface area contributed by atoms with Crippen molar-refractivity contribution >= 4 is 39.6 Å². The number of carbonyl (C=O) groups is 1. The van der Waals surface area contributed by atoms with E-state index >= 15 is 0 Å². The van der Waals surface area contributed by atoms with Crippen molar-refractivity contribution in [2.24, 2.45) is 5.92 Å². The number of aromatic nitrogens is 5. The van der Waals surface area contributed by atoms with Crippen LogP contribution in [0.1, 0.15) is 53.9 Å². The molecule has 1 fully saturated rings. The highest BCUT2D eigenvalue weighted by Crippen LogP contribution is 2.29. The number of para-hydroxylation sites is 2. The number of aryl methyl sites for hydroxylation is 1. The molecule has 11 heteroatoms. The van der Waals surface area contributed by atoms with Gasteiger partial charge in [-0.2, -0.15) is 0 Å². The molecule has 8 nitrogen and oxygen atoms in total. The van der Waals surface area contributed by atoms with Gasteiger partial charge in [0, 0.05) is 29.9 Å². The number of fused-ring (bicyclic) bond motifs is 2. The van der Waals surface area contributed by atoms with Crippen LogP contribution in [-0.2, 0) is 6.54 Å². The minimum atomic E-state index is -2.88. The lowest BCUT2D eigenvalue weighted by molar-refractivity contribution is 0.0904. The number of halogens is 3. The number of alkyl halides is 2. The second-order valence-electron chi connectivity index (χ2n) is 10.4. The number of aromatic amines is 1. The number of H-pyrrole nitrogens is 1. The monoisotopic (exact) mass is 564 g/mol. The maximum absolute atomic E-state index is 13.7. The summed E-state index contributed by atoms with van der Waals surface area (Å²) in [4.78, 5) is 37.9. The molecule has 2 N–H and O–H groups in total. The average molecular weight is 565 g/mol. The van der Waals surface area contributed by atoms with Gasteiger partial charge in [-0.25, -0.2) is 18.6 Å². The Morgan fingerprint density at radius 2 is 1.85 bits per heavy atom. The highest BCUT2D eigenvalue weighted by Gasteiger charge is 2.27. The maximum atomic E-state index is 13.7. The van der Waals surface area contributed by atoms with Crippen LogP contribution in [0.2, 0.25) is 5.02 Å². The van der Waals surface area contributed by atoms with E-state index in [2.05, 4.69) is 20.3 Å². The SMILES string of the molecule is Cc1cc2cc(-n3c(=O)n(CC4CCC(NC(=O)c5cc(Cl)cnc5C(F)F)CC4)c4ccccc43)cnc2[nH]1. The first-order valence-electron chi connectivity index (χ1n) is 13.2. The molecule has 0 unspecified atom stereocenters. The van der Waals surface area contributed by atoms with Crippen molar-refractivity contribution < 1.29 is 13.6 Å². The van der Waals surface area contributed by atoms with Gasteiger partial charge in [0.15, 0.2) is 0 Å². The second kappa shape index (κ2) is 10.5. The van der Waals surface area contributed by atoms with Gasteiger partial charge in [0.2, 0.25) is 0 Å². The number of imidazole rings is 1. The fraction of sp³-hybridized carbons (Fsp3) is 0.310. The van der Waals surface area contributed by atoms with Crippen molar-refractivity contribution in [3.63, 3.8) is 0 Å². The van der Waals surface area contributed by atoms with E-state index in [0.29, 0.717) is 25.1 Å². The summed E-state index contributed by atoms with van der Waals surface area (Å²) in [5.74, 6) is -0.376. The largest absolute Gasteiger partial charge is 0.349 e. The van der Waals surface area contributed by atoms with E-state index in [-0.39, 0.29) is 28.2 Å². The van der Waals surface area contributed by atoms with E-state index in [1.54, 1.807) is 10.8 Å². The van der Waals surface area contributed by atoms with E-state index in [1.807, 2.05) is 47.9 Å². The Kier molecular flexibility index (Phi) is 6.87. The zero-order valence-electron chi connectivity index (χ0n) is 21.7. The van der Waals surface area contributed by atoms with Crippen LogP contribution in [0.4, 0.5) is 8.78 Å². The number of hydrogen-bond donors (Lipinski definition) is 2. The number of rotatable bonds is 6. The third kappa shape index (κ3) is 4.88. The summed E-state index contributed by atoms with van der Waals surface area (Å²) in [6.45, 7) is 2.51. The molecule has 1 aliphatic rings. The maximum Gasteiger partial charge on any atom is 0.333 e. The Bertz CT molecular complexity index is 1780. The zero-order valence-corrected chi connectivity index (χ0v) is 22.5. The van der Waals surface area contributed by atoms with Crippen LogP contribution in [0.3, 0.4) is 0 Å². The number of pyridine rings is 2. The van der Waals surface area contributed by atoms with E-state index < -0.39 is 18.0 Å². The molecule has 4 heterocycles. The molecule has 0 atom stereocenters. The molecule has 0 bridgehead atoms. The molecule has 1 aromatic carbocycles. The Morgan fingerprint density at radius 1 is 1.10 bits per heavy atom. The number of carbonyl (C=O) groups excluding carboxylic acids is 1. The van der Waals surface area contributed by atoms with E-state index in [1.165, 1.54) is 6.07 Å². The highest BCUT2D eigenvalue weighted by atomic mass is 35.5. The van der Waals surface area contributed by atoms with Gasteiger partial charge in [-0.15, -0.1) is 0 Å². The zero-order chi connectivity index (χ0) is 28.0. The van der Waals surface area contributed by atoms with Crippen molar-refractivity contribution in [1.29, 1.82) is 0 Å². The van der Waals surface area contributed by atoms with Crippen molar-refractivity contribution in [1.82, 2.24) is 29.4 Å². The lowest BCUT2D eigenvalue weighted by Crippen LogP contribution is -2.39. The van der Waals surface area contributed by atoms with Gasteiger partial charge < -0.3 is 10.3 Å². The number of amides is 1. The topological polar surface area (TPSA) is 97.6 Å². The predicted octanol–water partition coefficient (Wildman–Crippen LogP) is 5.95. The first kappa shape index (κ1) is 26.2. The van der Waals surface area contributed by atoms with E-state index in [9.17, 15) is 18.4 Å².